The molecule has 0 N–H and O–H groups in total. The van der Waals surface area contributed by atoms with E-state index in [-0.39, 0.29) is 15.8 Å². The van der Waals surface area contributed by atoms with E-state index < -0.39 is 10.0 Å². The van der Waals surface area contributed by atoms with Gasteiger partial charge in [0.05, 0.1) is 5.02 Å². The quantitative estimate of drug-likeness (QED) is 0.775. The number of halogens is 3. The Morgan fingerprint density at radius 2 is 1.84 bits per heavy atom. The van der Waals surface area contributed by atoms with E-state index in [1.54, 1.807) is 17.8 Å². The number of sulfonamides is 1. The van der Waals surface area contributed by atoms with E-state index in [0.29, 0.717) is 23.7 Å². The molecule has 19 heavy (non-hydrogen) atoms. The predicted octanol–water partition coefficient (Wildman–Crippen LogP) is 3.47. The van der Waals surface area contributed by atoms with Gasteiger partial charge in [-0.05, 0) is 17.7 Å². The number of hydrogen-bond acceptors (Lipinski definition) is 3. The van der Waals surface area contributed by atoms with E-state index in [9.17, 15) is 8.42 Å². The first kappa shape index (κ1) is 15.7. The molecule has 3 nitrogen and oxygen atoms in total. The summed E-state index contributed by atoms with van der Waals surface area (Å²) in [6.45, 7) is 0.984. The van der Waals surface area contributed by atoms with Gasteiger partial charge in [0, 0.05) is 35.5 Å². The molecular formula is C11H12Cl3NO2S2. The van der Waals surface area contributed by atoms with Crippen LogP contribution in [0.25, 0.3) is 0 Å². The summed E-state index contributed by atoms with van der Waals surface area (Å²) in [4.78, 5) is 0.0456. The molecule has 1 heterocycles. The Balaban J connectivity index is 2.47. The van der Waals surface area contributed by atoms with Crippen LogP contribution in [0.5, 0.6) is 0 Å². The van der Waals surface area contributed by atoms with Gasteiger partial charge in [-0.1, -0.05) is 23.2 Å². The van der Waals surface area contributed by atoms with Crippen LogP contribution in [0.15, 0.2) is 17.0 Å². The predicted molar refractivity (Wildman–Crippen MR) is 82.1 cm³/mol. The van der Waals surface area contributed by atoms with Crippen LogP contribution in [-0.2, 0) is 15.9 Å². The molecule has 0 spiro atoms. The maximum atomic E-state index is 12.6. The first-order valence-corrected chi connectivity index (χ1v) is 9.47. The van der Waals surface area contributed by atoms with Gasteiger partial charge in [-0.25, -0.2) is 8.42 Å². The molecule has 1 aliphatic heterocycles. The molecule has 0 bridgehead atoms. The second kappa shape index (κ2) is 6.41. The number of thioether (sulfide) groups is 1. The molecule has 8 heteroatoms. The average molecular weight is 361 g/mol. The van der Waals surface area contributed by atoms with E-state index in [1.165, 1.54) is 10.4 Å². The molecule has 0 atom stereocenters. The minimum absolute atomic E-state index is 0.0456. The minimum atomic E-state index is -3.60. The van der Waals surface area contributed by atoms with Crippen LogP contribution in [0.4, 0.5) is 0 Å². The Morgan fingerprint density at radius 1 is 1.21 bits per heavy atom. The van der Waals surface area contributed by atoms with Gasteiger partial charge in [-0.15, -0.1) is 11.6 Å². The first-order chi connectivity index (χ1) is 8.96. The Bertz CT molecular complexity index is 572. The van der Waals surface area contributed by atoms with Crippen LogP contribution >= 0.6 is 46.6 Å². The third kappa shape index (κ3) is 3.34. The smallest absolute Gasteiger partial charge is 0.207 e. The van der Waals surface area contributed by atoms with Gasteiger partial charge >= 0.3 is 0 Å². The maximum Gasteiger partial charge on any atom is 0.244 e. The highest BCUT2D eigenvalue weighted by Gasteiger charge is 2.29. The second-order valence-corrected chi connectivity index (χ2v) is 8.24. The fraction of sp³-hybridized carbons (Fsp3) is 0.455. The van der Waals surface area contributed by atoms with Crippen LogP contribution in [0, 0.1) is 0 Å². The molecular weight excluding hydrogens is 349 g/mol. The maximum absolute atomic E-state index is 12.6. The summed E-state index contributed by atoms with van der Waals surface area (Å²) in [5.41, 5.74) is 0.529. The summed E-state index contributed by atoms with van der Waals surface area (Å²) in [6, 6.07) is 2.97. The highest BCUT2D eigenvalue weighted by atomic mass is 35.5. The molecule has 1 fully saturated rings. The number of rotatable bonds is 3. The fourth-order valence-electron chi connectivity index (χ4n) is 1.83. The lowest BCUT2D eigenvalue weighted by Crippen LogP contribution is -2.38. The van der Waals surface area contributed by atoms with E-state index in [4.69, 9.17) is 34.8 Å². The van der Waals surface area contributed by atoms with Crippen molar-refractivity contribution in [1.29, 1.82) is 0 Å². The highest BCUT2D eigenvalue weighted by Crippen LogP contribution is 2.33. The van der Waals surface area contributed by atoms with Gasteiger partial charge in [-0.3, -0.25) is 0 Å². The third-order valence-corrected chi connectivity index (χ3v) is 6.74. The summed E-state index contributed by atoms with van der Waals surface area (Å²) in [5.74, 6) is 1.71. The summed E-state index contributed by atoms with van der Waals surface area (Å²) >= 11 is 19.6. The van der Waals surface area contributed by atoms with E-state index >= 15 is 0 Å². The van der Waals surface area contributed by atoms with Crippen LogP contribution < -0.4 is 0 Å². The largest absolute Gasteiger partial charge is 0.244 e. The molecule has 0 unspecified atom stereocenters. The van der Waals surface area contributed by atoms with Crippen molar-refractivity contribution in [2.24, 2.45) is 0 Å². The molecule has 0 saturated carbocycles. The van der Waals surface area contributed by atoms with Crippen molar-refractivity contribution in [3.05, 3.63) is 27.7 Å². The van der Waals surface area contributed by atoms with Crippen LogP contribution in [0.1, 0.15) is 5.56 Å². The topological polar surface area (TPSA) is 37.4 Å². The molecule has 106 valence electrons. The van der Waals surface area contributed by atoms with Crippen molar-refractivity contribution >= 4 is 56.6 Å². The Morgan fingerprint density at radius 3 is 2.42 bits per heavy atom. The molecule has 0 aromatic heterocycles. The molecule has 0 aliphatic carbocycles. The van der Waals surface area contributed by atoms with Gasteiger partial charge in [-0.2, -0.15) is 16.1 Å². The van der Waals surface area contributed by atoms with Crippen molar-refractivity contribution in [1.82, 2.24) is 4.31 Å². The van der Waals surface area contributed by atoms with Gasteiger partial charge in [0.1, 0.15) is 4.90 Å². The average Bonchev–Trinajstić information content (AvgIpc) is 2.41. The van der Waals surface area contributed by atoms with E-state index in [0.717, 1.165) is 11.5 Å². The van der Waals surface area contributed by atoms with E-state index in [2.05, 4.69) is 0 Å². The van der Waals surface area contributed by atoms with Crippen molar-refractivity contribution in [3.8, 4) is 0 Å². The van der Waals surface area contributed by atoms with Crippen LogP contribution in [0.2, 0.25) is 10.0 Å². The zero-order valence-electron chi connectivity index (χ0n) is 9.90. The van der Waals surface area contributed by atoms with Gasteiger partial charge < -0.3 is 0 Å². The molecule has 0 radical (unpaired) electrons. The zero-order valence-corrected chi connectivity index (χ0v) is 13.8. The fourth-order valence-corrected chi connectivity index (χ4v) is 5.59. The highest BCUT2D eigenvalue weighted by molar-refractivity contribution is 7.99. The lowest BCUT2D eigenvalue weighted by Gasteiger charge is -2.26. The molecule has 1 saturated heterocycles. The Hall–Kier alpha value is 0.350. The number of benzene rings is 1. The summed E-state index contributed by atoms with van der Waals surface area (Å²) < 4.78 is 26.6. The van der Waals surface area contributed by atoms with Gasteiger partial charge in [0.2, 0.25) is 10.0 Å². The van der Waals surface area contributed by atoms with E-state index in [1.807, 2.05) is 0 Å². The second-order valence-electron chi connectivity index (χ2n) is 4.03. The summed E-state index contributed by atoms with van der Waals surface area (Å²) in [6.07, 6.45) is 0. The van der Waals surface area contributed by atoms with Crippen molar-refractivity contribution in [2.45, 2.75) is 10.8 Å². The molecule has 1 aromatic carbocycles. The lowest BCUT2D eigenvalue weighted by atomic mass is 10.2. The number of hydrogen-bond donors (Lipinski definition) is 0. The lowest BCUT2D eigenvalue weighted by molar-refractivity contribution is 0.443. The Labute approximate surface area is 132 Å². The van der Waals surface area contributed by atoms with Crippen molar-refractivity contribution < 1.29 is 8.42 Å². The minimum Gasteiger partial charge on any atom is -0.207 e. The van der Waals surface area contributed by atoms with Gasteiger partial charge in [0.25, 0.3) is 0 Å². The Kier molecular flexibility index (Phi) is 5.31. The van der Waals surface area contributed by atoms with Crippen LogP contribution in [-0.4, -0.2) is 37.3 Å². The first-order valence-electron chi connectivity index (χ1n) is 5.58. The molecule has 1 aliphatic rings. The van der Waals surface area contributed by atoms with Crippen molar-refractivity contribution in [3.63, 3.8) is 0 Å². The van der Waals surface area contributed by atoms with Crippen molar-refractivity contribution in [2.75, 3.05) is 24.6 Å². The number of alkyl halides is 1. The normalized spacial score (nSPS) is 17.6. The SMILES string of the molecule is O=S(=O)(c1cc(Cl)cc(CCl)c1Cl)N1CCSCC1. The summed E-state index contributed by atoms with van der Waals surface area (Å²) in [5, 5.41) is 0.489. The standard InChI is InChI=1S/C11H12Cl3NO2S2/c12-7-8-5-9(13)6-10(11(8)14)19(16,17)15-1-3-18-4-2-15/h5-6H,1-4,7H2. The molecule has 1 aromatic rings. The van der Waals surface area contributed by atoms with Gasteiger partial charge in [0.15, 0.2) is 0 Å². The monoisotopic (exact) mass is 359 g/mol. The number of nitrogens with zero attached hydrogens (tertiary/aromatic N) is 1. The third-order valence-electron chi connectivity index (χ3n) is 2.81. The summed E-state index contributed by atoms with van der Waals surface area (Å²) in [7, 11) is -3.60. The zero-order chi connectivity index (χ0) is 14.0. The molecule has 0 amide bonds. The molecule has 2 rings (SSSR count). The van der Waals surface area contributed by atoms with Crippen LogP contribution in [0.3, 0.4) is 0 Å².